The average Bonchev–Trinajstić information content (AvgIpc) is 3.23. The van der Waals surface area contributed by atoms with Gasteiger partial charge in [0.2, 0.25) is 0 Å². The molecule has 0 spiro atoms. The summed E-state index contributed by atoms with van der Waals surface area (Å²) in [5.74, 6) is -3.16. The number of carbonyl (C=O) groups is 1. The lowest BCUT2D eigenvalue weighted by Crippen LogP contribution is -2.32. The third kappa shape index (κ3) is 4.59. The number of nitrogens with two attached hydrogens (primary N) is 1. The number of amides is 1. The van der Waals surface area contributed by atoms with Crippen LogP contribution in [0.5, 0.6) is 0 Å². The van der Waals surface area contributed by atoms with Crippen molar-refractivity contribution in [3.8, 4) is 22.4 Å². The van der Waals surface area contributed by atoms with Gasteiger partial charge in [0.05, 0.1) is 24.5 Å². The van der Waals surface area contributed by atoms with E-state index in [9.17, 15) is 18.7 Å². The van der Waals surface area contributed by atoms with Crippen molar-refractivity contribution in [1.82, 2.24) is 25.3 Å². The highest BCUT2D eigenvalue weighted by atomic mass is 35.5. The number of hydrogen-bond acceptors (Lipinski definition) is 6. The average molecular weight is 485 g/mol. The first-order chi connectivity index (χ1) is 16.3. The van der Waals surface area contributed by atoms with Crippen LogP contribution in [0, 0.1) is 11.6 Å². The Balaban J connectivity index is 1.66. The molecule has 0 aliphatic heterocycles. The molecule has 0 saturated carbocycles. The second-order valence-corrected chi connectivity index (χ2v) is 7.91. The maximum atomic E-state index is 15.0. The van der Waals surface area contributed by atoms with Crippen LogP contribution in [0.15, 0.2) is 54.9 Å². The fourth-order valence-corrected chi connectivity index (χ4v) is 3.73. The van der Waals surface area contributed by atoms with Gasteiger partial charge in [-0.3, -0.25) is 4.79 Å². The second kappa shape index (κ2) is 9.54. The van der Waals surface area contributed by atoms with Gasteiger partial charge in [-0.05, 0) is 41.5 Å². The van der Waals surface area contributed by atoms with Crippen molar-refractivity contribution in [2.24, 2.45) is 7.05 Å². The van der Waals surface area contributed by atoms with Gasteiger partial charge in [0.15, 0.2) is 0 Å². The first-order valence-electron chi connectivity index (χ1n) is 10.1. The third-order valence-electron chi connectivity index (χ3n) is 5.25. The lowest BCUT2D eigenvalue weighted by Gasteiger charge is -2.18. The first kappa shape index (κ1) is 23.3. The van der Waals surface area contributed by atoms with Crippen LogP contribution in [0.25, 0.3) is 22.4 Å². The maximum Gasteiger partial charge on any atom is 0.257 e. The molecule has 2 aromatic carbocycles. The lowest BCUT2D eigenvalue weighted by molar-refractivity contribution is 0.0907. The molecule has 0 bridgehead atoms. The molecule has 4 aromatic rings. The minimum atomic E-state index is -1.10. The van der Waals surface area contributed by atoms with E-state index >= 15 is 0 Å². The number of pyridine rings is 1. The van der Waals surface area contributed by atoms with Crippen molar-refractivity contribution < 1.29 is 18.7 Å². The largest absolute Gasteiger partial charge is 0.394 e. The SMILES string of the molecule is Cn1nncc1-c1cnc(N)c(-c2cc(F)c(C(=O)N[C@H](CO)c3cccc(Cl)c3)c(F)c2)c1. The van der Waals surface area contributed by atoms with Gasteiger partial charge in [0.1, 0.15) is 23.0 Å². The summed E-state index contributed by atoms with van der Waals surface area (Å²) in [5.41, 5.74) is 7.25. The predicted octanol–water partition coefficient (Wildman–Crippen LogP) is 3.52. The molecule has 4 N–H and O–H groups in total. The molecule has 0 fully saturated rings. The number of nitrogens with one attached hydrogen (secondary N) is 1. The second-order valence-electron chi connectivity index (χ2n) is 7.48. The number of benzene rings is 2. The molecule has 174 valence electrons. The highest BCUT2D eigenvalue weighted by Gasteiger charge is 2.23. The highest BCUT2D eigenvalue weighted by molar-refractivity contribution is 6.30. The van der Waals surface area contributed by atoms with Gasteiger partial charge in [-0.15, -0.1) is 5.10 Å². The fraction of sp³-hybridized carbons (Fsp3) is 0.130. The highest BCUT2D eigenvalue weighted by Crippen LogP contribution is 2.31. The number of nitrogens with zero attached hydrogens (tertiary/aromatic N) is 4. The van der Waals surface area contributed by atoms with Crippen LogP contribution < -0.4 is 11.1 Å². The summed E-state index contributed by atoms with van der Waals surface area (Å²) in [7, 11) is 1.69. The topological polar surface area (TPSA) is 119 Å². The number of carbonyl (C=O) groups excluding carboxylic acids is 1. The zero-order valence-corrected chi connectivity index (χ0v) is 18.6. The van der Waals surface area contributed by atoms with E-state index < -0.39 is 35.8 Å². The van der Waals surface area contributed by atoms with E-state index in [0.717, 1.165) is 12.1 Å². The Kier molecular flexibility index (Phi) is 6.53. The summed E-state index contributed by atoms with van der Waals surface area (Å²) in [6.07, 6.45) is 3.01. The monoisotopic (exact) mass is 484 g/mol. The molecule has 1 atom stereocenters. The Morgan fingerprint density at radius 1 is 1.18 bits per heavy atom. The van der Waals surface area contributed by atoms with Crippen molar-refractivity contribution in [3.05, 3.63) is 82.6 Å². The van der Waals surface area contributed by atoms with Crippen LogP contribution in [0.2, 0.25) is 5.02 Å². The Morgan fingerprint density at radius 3 is 2.53 bits per heavy atom. The van der Waals surface area contributed by atoms with E-state index in [1.54, 1.807) is 37.4 Å². The summed E-state index contributed by atoms with van der Waals surface area (Å²) < 4.78 is 31.5. The first-order valence-corrected chi connectivity index (χ1v) is 10.4. The zero-order valence-electron chi connectivity index (χ0n) is 17.8. The molecule has 1 amide bonds. The number of aliphatic hydroxyl groups is 1. The lowest BCUT2D eigenvalue weighted by atomic mass is 10.0. The molecule has 2 heterocycles. The van der Waals surface area contributed by atoms with Gasteiger partial charge >= 0.3 is 0 Å². The number of anilines is 1. The molecular formula is C23H19ClF2N6O2. The molecule has 4 rings (SSSR count). The van der Waals surface area contributed by atoms with Crippen molar-refractivity contribution in [2.45, 2.75) is 6.04 Å². The van der Waals surface area contributed by atoms with E-state index in [4.69, 9.17) is 17.3 Å². The van der Waals surface area contributed by atoms with E-state index in [-0.39, 0.29) is 16.9 Å². The Hall–Kier alpha value is -3.89. The molecule has 0 aliphatic carbocycles. The van der Waals surface area contributed by atoms with Crippen LogP contribution in [-0.2, 0) is 7.05 Å². The van der Waals surface area contributed by atoms with Gasteiger partial charge in [0, 0.05) is 29.4 Å². The number of halogens is 3. The van der Waals surface area contributed by atoms with E-state index in [0.29, 0.717) is 21.8 Å². The molecule has 11 heteroatoms. The van der Waals surface area contributed by atoms with Gasteiger partial charge in [-0.1, -0.05) is 28.9 Å². The third-order valence-corrected chi connectivity index (χ3v) is 5.48. The van der Waals surface area contributed by atoms with Crippen molar-refractivity contribution in [3.63, 3.8) is 0 Å². The van der Waals surface area contributed by atoms with Crippen molar-refractivity contribution in [2.75, 3.05) is 12.3 Å². The van der Waals surface area contributed by atoms with Crippen LogP contribution >= 0.6 is 11.6 Å². The molecule has 2 aromatic heterocycles. The van der Waals surface area contributed by atoms with Crippen molar-refractivity contribution in [1.29, 1.82) is 0 Å². The molecule has 0 saturated heterocycles. The minimum Gasteiger partial charge on any atom is -0.394 e. The number of rotatable bonds is 6. The van der Waals surface area contributed by atoms with Crippen LogP contribution in [0.1, 0.15) is 22.0 Å². The molecule has 0 aliphatic rings. The molecule has 0 unspecified atom stereocenters. The fourth-order valence-electron chi connectivity index (χ4n) is 3.53. The summed E-state index contributed by atoms with van der Waals surface area (Å²) in [5, 5.41) is 20.2. The zero-order chi connectivity index (χ0) is 24.4. The summed E-state index contributed by atoms with van der Waals surface area (Å²) >= 11 is 5.95. The van der Waals surface area contributed by atoms with Gasteiger partial charge < -0.3 is 16.2 Å². The van der Waals surface area contributed by atoms with Crippen LogP contribution in [0.4, 0.5) is 14.6 Å². The van der Waals surface area contributed by atoms with E-state index in [1.165, 1.54) is 17.1 Å². The van der Waals surface area contributed by atoms with E-state index in [2.05, 4.69) is 20.6 Å². The number of aromatic nitrogens is 4. The summed E-state index contributed by atoms with van der Waals surface area (Å²) in [6.45, 7) is -0.495. The Labute approximate surface area is 198 Å². The molecule has 0 radical (unpaired) electrons. The van der Waals surface area contributed by atoms with Crippen LogP contribution in [-0.4, -0.2) is 37.6 Å². The summed E-state index contributed by atoms with van der Waals surface area (Å²) in [6, 6.07) is 9.14. The number of hydrogen-bond donors (Lipinski definition) is 3. The Bertz CT molecular complexity index is 1350. The molecule has 34 heavy (non-hydrogen) atoms. The van der Waals surface area contributed by atoms with Gasteiger partial charge in [-0.25, -0.2) is 18.4 Å². The number of nitrogen functional groups attached to an aromatic ring is 1. The quantitative estimate of drug-likeness (QED) is 0.385. The van der Waals surface area contributed by atoms with Gasteiger partial charge in [-0.2, -0.15) is 0 Å². The smallest absolute Gasteiger partial charge is 0.257 e. The normalized spacial score (nSPS) is 11.9. The summed E-state index contributed by atoms with van der Waals surface area (Å²) in [4.78, 5) is 16.8. The molecular weight excluding hydrogens is 466 g/mol. The van der Waals surface area contributed by atoms with Gasteiger partial charge in [0.25, 0.3) is 5.91 Å². The minimum absolute atomic E-state index is 0.0520. The number of aryl methyl sites for hydroxylation is 1. The predicted molar refractivity (Wildman–Crippen MR) is 123 cm³/mol. The number of aliphatic hydroxyl groups excluding tert-OH is 1. The van der Waals surface area contributed by atoms with Crippen LogP contribution in [0.3, 0.4) is 0 Å². The standard InChI is InChI=1S/C23H19ClF2N6O2/c1-32-20(10-29-31-32)14-6-16(22(27)28-9-14)13-7-17(25)21(18(26)8-13)23(34)30-19(11-33)12-3-2-4-15(24)5-12/h2-10,19,33H,11H2,1H3,(H2,27,28)(H,30,34)/t19-/m1/s1. The molecule has 8 nitrogen and oxygen atoms in total. The Morgan fingerprint density at radius 2 is 1.91 bits per heavy atom. The van der Waals surface area contributed by atoms with Crippen molar-refractivity contribution >= 4 is 23.3 Å². The maximum absolute atomic E-state index is 15.0. The van der Waals surface area contributed by atoms with E-state index in [1.807, 2.05) is 0 Å².